The molecule has 0 aliphatic heterocycles. The van der Waals surface area contributed by atoms with Crippen molar-refractivity contribution in [1.82, 2.24) is 15.1 Å². The number of carbonyl (C=O) groups excluding carboxylic acids is 1. The van der Waals surface area contributed by atoms with Crippen LogP contribution in [-0.2, 0) is 18.3 Å². The predicted octanol–water partition coefficient (Wildman–Crippen LogP) is 0.967. The number of rotatable bonds is 4. The fraction of sp³-hybridized carbons (Fsp3) is 0.714. The van der Waals surface area contributed by atoms with E-state index in [1.807, 2.05) is 25.6 Å². The molecule has 1 fully saturated rings. The SMILES string of the molecule is Cc1nn(C)c(C)c1CC(=O)NC1(CN)CCCC1. The van der Waals surface area contributed by atoms with E-state index in [0.29, 0.717) is 13.0 Å². The van der Waals surface area contributed by atoms with E-state index in [1.165, 1.54) is 0 Å². The molecule has 3 N–H and O–H groups in total. The van der Waals surface area contributed by atoms with Gasteiger partial charge < -0.3 is 11.1 Å². The number of aryl methyl sites for hydroxylation is 2. The molecule has 1 amide bonds. The standard InChI is InChI=1S/C14H24N4O/c1-10-12(11(2)18(3)17-10)8-13(19)16-14(9-15)6-4-5-7-14/h4-9,15H2,1-3H3,(H,16,19). The minimum atomic E-state index is -0.166. The molecule has 1 heterocycles. The second kappa shape index (κ2) is 5.33. The Labute approximate surface area is 114 Å². The molecule has 1 aromatic rings. The number of carbonyl (C=O) groups is 1. The topological polar surface area (TPSA) is 72.9 Å². The Balaban J connectivity index is 2.05. The van der Waals surface area contributed by atoms with Gasteiger partial charge in [-0.25, -0.2) is 0 Å². The molecule has 0 unspecified atom stereocenters. The summed E-state index contributed by atoms with van der Waals surface area (Å²) in [5.74, 6) is 0.0616. The lowest BCUT2D eigenvalue weighted by atomic mass is 9.97. The van der Waals surface area contributed by atoms with Crippen LogP contribution in [0.2, 0.25) is 0 Å². The van der Waals surface area contributed by atoms with Crippen LogP contribution in [0.15, 0.2) is 0 Å². The van der Waals surface area contributed by atoms with Crippen molar-refractivity contribution < 1.29 is 4.79 Å². The molecule has 2 rings (SSSR count). The van der Waals surface area contributed by atoms with Crippen LogP contribution in [0.25, 0.3) is 0 Å². The first-order valence-electron chi connectivity index (χ1n) is 6.97. The summed E-state index contributed by atoms with van der Waals surface area (Å²) in [4.78, 5) is 12.2. The summed E-state index contributed by atoms with van der Waals surface area (Å²) in [5, 5.41) is 7.50. The van der Waals surface area contributed by atoms with Crippen molar-refractivity contribution in [2.24, 2.45) is 12.8 Å². The molecule has 0 atom stereocenters. The molecule has 0 aromatic carbocycles. The van der Waals surface area contributed by atoms with Gasteiger partial charge in [-0.3, -0.25) is 9.48 Å². The van der Waals surface area contributed by atoms with Gasteiger partial charge in [0.2, 0.25) is 5.91 Å². The third-order valence-corrected chi connectivity index (χ3v) is 4.35. The fourth-order valence-electron chi connectivity index (χ4n) is 3.01. The summed E-state index contributed by atoms with van der Waals surface area (Å²) in [6.07, 6.45) is 4.71. The summed E-state index contributed by atoms with van der Waals surface area (Å²) in [7, 11) is 1.90. The van der Waals surface area contributed by atoms with Gasteiger partial charge in [-0.15, -0.1) is 0 Å². The number of amides is 1. The van der Waals surface area contributed by atoms with E-state index in [4.69, 9.17) is 5.73 Å². The van der Waals surface area contributed by atoms with E-state index < -0.39 is 0 Å². The average Bonchev–Trinajstić information content (AvgIpc) is 2.91. The van der Waals surface area contributed by atoms with Gasteiger partial charge in [0.15, 0.2) is 0 Å². The van der Waals surface area contributed by atoms with Crippen LogP contribution in [0.5, 0.6) is 0 Å². The Morgan fingerprint density at radius 3 is 2.53 bits per heavy atom. The summed E-state index contributed by atoms with van der Waals surface area (Å²) < 4.78 is 1.83. The van der Waals surface area contributed by atoms with E-state index in [1.54, 1.807) is 0 Å². The minimum absolute atomic E-state index is 0.0616. The van der Waals surface area contributed by atoms with Gasteiger partial charge in [0.1, 0.15) is 0 Å². The maximum atomic E-state index is 12.2. The lowest BCUT2D eigenvalue weighted by Gasteiger charge is -2.28. The van der Waals surface area contributed by atoms with E-state index in [2.05, 4.69) is 10.4 Å². The molecule has 1 aliphatic rings. The van der Waals surface area contributed by atoms with Crippen molar-refractivity contribution in [3.8, 4) is 0 Å². The molecule has 0 saturated heterocycles. The Morgan fingerprint density at radius 2 is 2.05 bits per heavy atom. The van der Waals surface area contributed by atoms with Crippen LogP contribution < -0.4 is 11.1 Å². The van der Waals surface area contributed by atoms with Gasteiger partial charge in [0, 0.05) is 24.8 Å². The van der Waals surface area contributed by atoms with E-state index >= 15 is 0 Å². The smallest absolute Gasteiger partial charge is 0.225 e. The normalized spacial score (nSPS) is 17.7. The highest BCUT2D eigenvalue weighted by Gasteiger charge is 2.33. The third-order valence-electron chi connectivity index (χ3n) is 4.35. The lowest BCUT2D eigenvalue weighted by molar-refractivity contribution is -0.122. The Hall–Kier alpha value is -1.36. The molecule has 19 heavy (non-hydrogen) atoms. The predicted molar refractivity (Wildman–Crippen MR) is 74.8 cm³/mol. The van der Waals surface area contributed by atoms with E-state index in [-0.39, 0.29) is 11.4 Å². The van der Waals surface area contributed by atoms with Crippen molar-refractivity contribution >= 4 is 5.91 Å². The monoisotopic (exact) mass is 264 g/mol. The second-order valence-electron chi connectivity index (χ2n) is 5.69. The fourth-order valence-corrected chi connectivity index (χ4v) is 3.01. The molecule has 5 heteroatoms. The van der Waals surface area contributed by atoms with Crippen molar-refractivity contribution in [1.29, 1.82) is 0 Å². The van der Waals surface area contributed by atoms with Gasteiger partial charge in [0.05, 0.1) is 17.7 Å². The maximum absolute atomic E-state index is 12.2. The van der Waals surface area contributed by atoms with Gasteiger partial charge in [0.25, 0.3) is 0 Å². The largest absolute Gasteiger partial charge is 0.349 e. The highest BCUT2D eigenvalue weighted by atomic mass is 16.1. The van der Waals surface area contributed by atoms with Crippen molar-refractivity contribution in [2.45, 2.75) is 51.5 Å². The summed E-state index contributed by atoms with van der Waals surface area (Å²) >= 11 is 0. The Morgan fingerprint density at radius 1 is 1.42 bits per heavy atom. The van der Waals surface area contributed by atoms with E-state index in [0.717, 1.165) is 42.6 Å². The molecule has 0 bridgehead atoms. The third kappa shape index (κ3) is 2.81. The van der Waals surface area contributed by atoms with Crippen molar-refractivity contribution in [3.63, 3.8) is 0 Å². The molecule has 0 spiro atoms. The first-order valence-corrected chi connectivity index (χ1v) is 6.97. The molecule has 106 valence electrons. The first-order chi connectivity index (χ1) is 8.97. The number of aromatic nitrogens is 2. The molecule has 5 nitrogen and oxygen atoms in total. The molecule has 1 saturated carbocycles. The Kier molecular flexibility index (Phi) is 3.94. The molecular weight excluding hydrogens is 240 g/mol. The highest BCUT2D eigenvalue weighted by molar-refractivity contribution is 5.80. The second-order valence-corrected chi connectivity index (χ2v) is 5.69. The summed E-state index contributed by atoms with van der Waals surface area (Å²) in [5.41, 5.74) is 8.70. The lowest BCUT2D eigenvalue weighted by Crippen LogP contribution is -2.52. The maximum Gasteiger partial charge on any atom is 0.225 e. The number of nitrogens with one attached hydrogen (secondary N) is 1. The van der Waals surface area contributed by atoms with Gasteiger partial charge in [-0.05, 0) is 26.7 Å². The highest BCUT2D eigenvalue weighted by Crippen LogP contribution is 2.28. The summed E-state index contributed by atoms with van der Waals surface area (Å²) in [6.45, 7) is 4.48. The Bertz CT molecular complexity index is 472. The van der Waals surface area contributed by atoms with Crippen molar-refractivity contribution in [2.75, 3.05) is 6.54 Å². The minimum Gasteiger partial charge on any atom is -0.349 e. The van der Waals surface area contributed by atoms with Crippen LogP contribution in [0, 0.1) is 13.8 Å². The summed E-state index contributed by atoms with van der Waals surface area (Å²) in [6, 6.07) is 0. The molecule has 1 aliphatic carbocycles. The molecule has 0 radical (unpaired) electrons. The number of hydrogen-bond acceptors (Lipinski definition) is 3. The molecular formula is C14H24N4O. The van der Waals surface area contributed by atoms with Crippen molar-refractivity contribution in [3.05, 3.63) is 17.0 Å². The van der Waals surface area contributed by atoms with Crippen LogP contribution in [0.4, 0.5) is 0 Å². The first kappa shape index (κ1) is 14.1. The quantitative estimate of drug-likeness (QED) is 0.851. The van der Waals surface area contributed by atoms with Crippen LogP contribution >= 0.6 is 0 Å². The van der Waals surface area contributed by atoms with Crippen LogP contribution in [0.3, 0.4) is 0 Å². The van der Waals surface area contributed by atoms with Crippen LogP contribution in [-0.4, -0.2) is 27.8 Å². The zero-order valence-electron chi connectivity index (χ0n) is 12.1. The number of hydrogen-bond donors (Lipinski definition) is 2. The number of nitrogens with zero attached hydrogens (tertiary/aromatic N) is 2. The van der Waals surface area contributed by atoms with Gasteiger partial charge in [-0.1, -0.05) is 12.8 Å². The zero-order chi connectivity index (χ0) is 14.0. The zero-order valence-corrected chi connectivity index (χ0v) is 12.1. The van der Waals surface area contributed by atoms with Gasteiger partial charge in [-0.2, -0.15) is 5.10 Å². The number of nitrogens with two attached hydrogens (primary N) is 1. The van der Waals surface area contributed by atoms with Crippen LogP contribution in [0.1, 0.15) is 42.6 Å². The van der Waals surface area contributed by atoms with Gasteiger partial charge >= 0.3 is 0 Å². The molecule has 1 aromatic heterocycles. The van der Waals surface area contributed by atoms with E-state index in [9.17, 15) is 4.79 Å². The average molecular weight is 264 g/mol.